The molecule has 7 heteroatoms. The number of nitrogens with zero attached hydrogens (tertiary/aromatic N) is 3. The highest BCUT2D eigenvalue weighted by atomic mass is 16.5. The number of anilines is 1. The molecule has 0 spiro atoms. The molecule has 0 radical (unpaired) electrons. The van der Waals surface area contributed by atoms with Gasteiger partial charge in [-0.3, -0.25) is 4.79 Å². The second-order valence-corrected chi connectivity index (χ2v) is 6.87. The normalized spacial score (nSPS) is 19.1. The van der Waals surface area contributed by atoms with Gasteiger partial charge in [-0.25, -0.2) is 9.97 Å². The standard InChI is InChI=1S/C20H24N4O3/c1-14-12-16(23-20(22-14)24-8-10-26-11-9-24)13-21-19(25)18-7-6-15-4-2-3-5-17(15)27-18/h2-5,12,18H,6-11,13H2,1H3,(H,21,25). The van der Waals surface area contributed by atoms with Gasteiger partial charge in [0.2, 0.25) is 5.95 Å². The summed E-state index contributed by atoms with van der Waals surface area (Å²) in [5.41, 5.74) is 2.84. The zero-order valence-electron chi connectivity index (χ0n) is 15.5. The van der Waals surface area contributed by atoms with Gasteiger partial charge in [0.1, 0.15) is 5.75 Å². The molecule has 0 saturated carbocycles. The summed E-state index contributed by atoms with van der Waals surface area (Å²) in [6, 6.07) is 9.78. The van der Waals surface area contributed by atoms with Gasteiger partial charge in [0.15, 0.2) is 6.10 Å². The van der Waals surface area contributed by atoms with E-state index in [1.54, 1.807) is 0 Å². The SMILES string of the molecule is Cc1cc(CNC(=O)C2CCc3ccccc3O2)nc(N2CCOCC2)n1. The molecular formula is C20H24N4O3. The highest BCUT2D eigenvalue weighted by molar-refractivity contribution is 5.81. The fraction of sp³-hybridized carbons (Fsp3) is 0.450. The lowest BCUT2D eigenvalue weighted by atomic mass is 10.0. The molecule has 1 N–H and O–H groups in total. The molecule has 1 amide bonds. The Morgan fingerprint density at radius 3 is 2.93 bits per heavy atom. The van der Waals surface area contributed by atoms with Gasteiger partial charge in [-0.1, -0.05) is 18.2 Å². The van der Waals surface area contributed by atoms with Crippen LogP contribution in [0, 0.1) is 6.92 Å². The largest absolute Gasteiger partial charge is 0.480 e. The van der Waals surface area contributed by atoms with Crippen LogP contribution in [-0.4, -0.2) is 48.3 Å². The Morgan fingerprint density at radius 1 is 1.26 bits per heavy atom. The lowest BCUT2D eigenvalue weighted by molar-refractivity contribution is -0.128. The molecule has 1 atom stereocenters. The molecule has 1 aromatic carbocycles. The summed E-state index contributed by atoms with van der Waals surface area (Å²) >= 11 is 0. The maximum atomic E-state index is 12.5. The Labute approximate surface area is 158 Å². The lowest BCUT2D eigenvalue weighted by Gasteiger charge is -2.27. The van der Waals surface area contributed by atoms with E-state index in [2.05, 4.69) is 20.2 Å². The molecule has 2 aromatic rings. The van der Waals surface area contributed by atoms with Crippen LogP contribution in [0.4, 0.5) is 5.95 Å². The molecular weight excluding hydrogens is 344 g/mol. The molecule has 2 aliphatic rings. The van der Waals surface area contributed by atoms with E-state index in [4.69, 9.17) is 9.47 Å². The number of para-hydroxylation sites is 1. The van der Waals surface area contributed by atoms with Gasteiger partial charge in [-0.2, -0.15) is 0 Å². The molecule has 27 heavy (non-hydrogen) atoms. The zero-order valence-corrected chi connectivity index (χ0v) is 15.5. The maximum absolute atomic E-state index is 12.5. The van der Waals surface area contributed by atoms with Gasteiger partial charge in [0.05, 0.1) is 25.5 Å². The number of fused-ring (bicyclic) bond motifs is 1. The number of ether oxygens (including phenoxy) is 2. The topological polar surface area (TPSA) is 76.6 Å². The first-order valence-electron chi connectivity index (χ1n) is 9.38. The zero-order chi connectivity index (χ0) is 18.6. The number of benzene rings is 1. The van der Waals surface area contributed by atoms with Crippen LogP contribution in [0.1, 0.15) is 23.4 Å². The number of morpholine rings is 1. The van der Waals surface area contributed by atoms with Gasteiger partial charge in [0, 0.05) is 18.8 Å². The van der Waals surface area contributed by atoms with Crippen molar-refractivity contribution in [3.63, 3.8) is 0 Å². The van der Waals surface area contributed by atoms with Crippen LogP contribution in [-0.2, 0) is 22.5 Å². The average Bonchev–Trinajstić information content (AvgIpc) is 2.72. The molecule has 1 fully saturated rings. The number of carbonyl (C=O) groups is 1. The number of amides is 1. The van der Waals surface area contributed by atoms with Crippen molar-refractivity contribution in [2.75, 3.05) is 31.2 Å². The van der Waals surface area contributed by atoms with Crippen molar-refractivity contribution in [1.29, 1.82) is 0 Å². The first kappa shape index (κ1) is 17.7. The summed E-state index contributed by atoms with van der Waals surface area (Å²) in [7, 11) is 0. The predicted octanol–water partition coefficient (Wildman–Crippen LogP) is 1.63. The Balaban J connectivity index is 1.38. The predicted molar refractivity (Wildman–Crippen MR) is 101 cm³/mol. The van der Waals surface area contributed by atoms with Crippen LogP contribution < -0.4 is 15.0 Å². The first-order valence-corrected chi connectivity index (χ1v) is 9.38. The van der Waals surface area contributed by atoms with E-state index in [1.165, 1.54) is 0 Å². The Morgan fingerprint density at radius 2 is 2.07 bits per heavy atom. The van der Waals surface area contributed by atoms with Gasteiger partial charge >= 0.3 is 0 Å². The van der Waals surface area contributed by atoms with Crippen molar-refractivity contribution >= 4 is 11.9 Å². The molecule has 7 nitrogen and oxygen atoms in total. The number of aryl methyl sites for hydroxylation is 2. The number of hydrogen-bond donors (Lipinski definition) is 1. The summed E-state index contributed by atoms with van der Waals surface area (Å²) in [4.78, 5) is 23.8. The Kier molecular flexibility index (Phi) is 5.20. The van der Waals surface area contributed by atoms with E-state index in [9.17, 15) is 4.79 Å². The third-order valence-electron chi connectivity index (χ3n) is 4.84. The minimum absolute atomic E-state index is 0.103. The number of carbonyl (C=O) groups excluding carboxylic acids is 1. The van der Waals surface area contributed by atoms with Crippen LogP contribution in [0.3, 0.4) is 0 Å². The van der Waals surface area contributed by atoms with E-state index in [0.717, 1.165) is 42.2 Å². The molecule has 2 aliphatic heterocycles. The molecule has 0 bridgehead atoms. The van der Waals surface area contributed by atoms with E-state index in [1.807, 2.05) is 37.3 Å². The summed E-state index contributed by atoms with van der Waals surface area (Å²) < 4.78 is 11.2. The number of aromatic nitrogens is 2. The van der Waals surface area contributed by atoms with Gasteiger partial charge < -0.3 is 19.7 Å². The van der Waals surface area contributed by atoms with Crippen LogP contribution in [0.5, 0.6) is 5.75 Å². The molecule has 1 aromatic heterocycles. The minimum atomic E-state index is -0.457. The van der Waals surface area contributed by atoms with Crippen molar-refractivity contribution < 1.29 is 14.3 Å². The van der Waals surface area contributed by atoms with Crippen LogP contribution in [0.15, 0.2) is 30.3 Å². The van der Waals surface area contributed by atoms with Gasteiger partial charge in [-0.15, -0.1) is 0 Å². The van der Waals surface area contributed by atoms with Gasteiger partial charge in [0.25, 0.3) is 5.91 Å². The number of nitrogens with one attached hydrogen (secondary N) is 1. The molecule has 142 valence electrons. The third kappa shape index (κ3) is 4.19. The van der Waals surface area contributed by atoms with Crippen LogP contribution in [0.2, 0.25) is 0 Å². The fourth-order valence-electron chi connectivity index (χ4n) is 3.41. The van der Waals surface area contributed by atoms with E-state index in [0.29, 0.717) is 32.1 Å². The van der Waals surface area contributed by atoms with Gasteiger partial charge in [-0.05, 0) is 37.5 Å². The van der Waals surface area contributed by atoms with Crippen LogP contribution >= 0.6 is 0 Å². The monoisotopic (exact) mass is 368 g/mol. The molecule has 1 saturated heterocycles. The molecule has 1 unspecified atom stereocenters. The van der Waals surface area contributed by atoms with Crippen molar-refractivity contribution in [2.24, 2.45) is 0 Å². The van der Waals surface area contributed by atoms with Crippen molar-refractivity contribution in [3.8, 4) is 5.75 Å². The summed E-state index contributed by atoms with van der Waals surface area (Å²) in [5.74, 6) is 1.40. The molecule has 3 heterocycles. The lowest BCUT2D eigenvalue weighted by Crippen LogP contribution is -2.40. The summed E-state index contributed by atoms with van der Waals surface area (Å²) in [5, 5.41) is 2.96. The minimum Gasteiger partial charge on any atom is -0.480 e. The van der Waals surface area contributed by atoms with E-state index >= 15 is 0 Å². The fourth-order valence-corrected chi connectivity index (χ4v) is 3.41. The number of rotatable bonds is 4. The average molecular weight is 368 g/mol. The smallest absolute Gasteiger partial charge is 0.261 e. The second-order valence-electron chi connectivity index (χ2n) is 6.87. The first-order chi connectivity index (χ1) is 13.2. The molecule has 0 aliphatic carbocycles. The Hall–Kier alpha value is -2.67. The highest BCUT2D eigenvalue weighted by Gasteiger charge is 2.25. The van der Waals surface area contributed by atoms with Crippen molar-refractivity contribution in [3.05, 3.63) is 47.3 Å². The van der Waals surface area contributed by atoms with Crippen LogP contribution in [0.25, 0.3) is 0 Å². The van der Waals surface area contributed by atoms with Crippen molar-refractivity contribution in [1.82, 2.24) is 15.3 Å². The summed E-state index contributed by atoms with van der Waals surface area (Å²) in [6.45, 7) is 5.24. The quantitative estimate of drug-likeness (QED) is 0.884. The second kappa shape index (κ2) is 7.92. The maximum Gasteiger partial charge on any atom is 0.261 e. The van der Waals surface area contributed by atoms with E-state index < -0.39 is 6.10 Å². The molecule has 4 rings (SSSR count). The number of hydrogen-bond acceptors (Lipinski definition) is 6. The summed E-state index contributed by atoms with van der Waals surface area (Å²) in [6.07, 6.45) is 1.08. The highest BCUT2D eigenvalue weighted by Crippen LogP contribution is 2.27. The van der Waals surface area contributed by atoms with Crippen molar-refractivity contribution in [2.45, 2.75) is 32.4 Å². The van der Waals surface area contributed by atoms with E-state index in [-0.39, 0.29) is 5.91 Å². The Bertz CT molecular complexity index is 821. The third-order valence-corrected chi connectivity index (χ3v) is 4.84.